The quantitative estimate of drug-likeness (QED) is 0.731. The summed E-state index contributed by atoms with van der Waals surface area (Å²) in [4.78, 5) is 22.8. The van der Waals surface area contributed by atoms with E-state index in [-0.39, 0.29) is 19.2 Å². The largest absolute Gasteiger partial charge is 0.477 e. The zero-order valence-electron chi connectivity index (χ0n) is 16.0. The van der Waals surface area contributed by atoms with Crippen LogP contribution >= 0.6 is 0 Å². The van der Waals surface area contributed by atoms with Gasteiger partial charge in [0.25, 0.3) is 5.91 Å². The maximum absolute atomic E-state index is 12.9. The lowest BCUT2D eigenvalue weighted by Crippen LogP contribution is -2.38. The number of anilines is 1. The second-order valence-corrected chi connectivity index (χ2v) is 7.85. The molecule has 2 aromatic heterocycles. The van der Waals surface area contributed by atoms with E-state index in [1.807, 2.05) is 0 Å². The van der Waals surface area contributed by atoms with E-state index in [1.165, 1.54) is 23.9 Å². The van der Waals surface area contributed by atoms with Crippen molar-refractivity contribution in [1.29, 1.82) is 0 Å². The standard InChI is InChI=1S/C21H23N3O5/c25-17(14-3-4-14)11-28-19-6-5-15(8-22-19)24-12-29-18-7-20(27-10-13-1-2-13)23-9-16(18)21(24)26/h5-9,13-14,17,25H,1-4,10-12H2. The molecule has 0 aromatic carbocycles. The van der Waals surface area contributed by atoms with E-state index < -0.39 is 6.10 Å². The second kappa shape index (κ2) is 7.51. The van der Waals surface area contributed by atoms with Crippen LogP contribution in [-0.4, -0.2) is 47.0 Å². The molecule has 2 saturated carbocycles. The van der Waals surface area contributed by atoms with Crippen molar-refractivity contribution in [3.63, 3.8) is 0 Å². The summed E-state index contributed by atoms with van der Waals surface area (Å²) in [6, 6.07) is 5.11. The Morgan fingerprint density at radius 1 is 1.14 bits per heavy atom. The van der Waals surface area contributed by atoms with Crippen molar-refractivity contribution < 1.29 is 24.1 Å². The van der Waals surface area contributed by atoms with Gasteiger partial charge < -0.3 is 19.3 Å². The number of carbonyl (C=O) groups excluding carboxylic acids is 1. The van der Waals surface area contributed by atoms with Gasteiger partial charge in [0.1, 0.15) is 17.9 Å². The van der Waals surface area contributed by atoms with Gasteiger partial charge in [-0.15, -0.1) is 0 Å². The van der Waals surface area contributed by atoms with Crippen molar-refractivity contribution in [3.8, 4) is 17.5 Å². The number of hydrogen-bond donors (Lipinski definition) is 1. The van der Waals surface area contributed by atoms with E-state index >= 15 is 0 Å². The van der Waals surface area contributed by atoms with Gasteiger partial charge in [0, 0.05) is 18.3 Å². The molecule has 1 aliphatic heterocycles. The van der Waals surface area contributed by atoms with E-state index in [9.17, 15) is 9.90 Å². The molecule has 3 aliphatic rings. The summed E-state index contributed by atoms with van der Waals surface area (Å²) in [5.41, 5.74) is 0.993. The Balaban J connectivity index is 1.23. The Hall–Kier alpha value is -2.87. The van der Waals surface area contributed by atoms with Gasteiger partial charge in [-0.2, -0.15) is 0 Å². The predicted molar refractivity (Wildman–Crippen MR) is 103 cm³/mol. The molecule has 2 aliphatic carbocycles. The van der Waals surface area contributed by atoms with Crippen molar-refractivity contribution in [2.24, 2.45) is 11.8 Å². The van der Waals surface area contributed by atoms with Gasteiger partial charge >= 0.3 is 0 Å². The van der Waals surface area contributed by atoms with Crippen LogP contribution in [0.25, 0.3) is 0 Å². The maximum atomic E-state index is 12.9. The van der Waals surface area contributed by atoms with Crippen LogP contribution in [0, 0.1) is 11.8 Å². The number of aromatic nitrogens is 2. The van der Waals surface area contributed by atoms with Gasteiger partial charge in [-0.3, -0.25) is 9.69 Å². The van der Waals surface area contributed by atoms with Gasteiger partial charge in [0.2, 0.25) is 11.8 Å². The molecule has 0 spiro atoms. The van der Waals surface area contributed by atoms with Crippen LogP contribution in [0.1, 0.15) is 36.0 Å². The zero-order valence-corrected chi connectivity index (χ0v) is 16.0. The fraction of sp³-hybridized carbons (Fsp3) is 0.476. The number of aliphatic hydroxyl groups excluding tert-OH is 1. The highest BCUT2D eigenvalue weighted by molar-refractivity contribution is 6.08. The molecule has 8 nitrogen and oxygen atoms in total. The number of aliphatic hydroxyl groups is 1. The molecular formula is C21H23N3O5. The van der Waals surface area contributed by atoms with Gasteiger partial charge in [-0.05, 0) is 43.6 Å². The topological polar surface area (TPSA) is 94.0 Å². The number of carbonyl (C=O) groups is 1. The SMILES string of the molecule is O=C1c2cnc(OCC3CC3)cc2OCN1c1ccc(OCC(O)C2CC2)nc1. The van der Waals surface area contributed by atoms with Crippen LogP contribution in [-0.2, 0) is 0 Å². The van der Waals surface area contributed by atoms with E-state index in [1.54, 1.807) is 24.4 Å². The van der Waals surface area contributed by atoms with E-state index in [2.05, 4.69) is 9.97 Å². The Kier molecular flexibility index (Phi) is 4.71. The molecule has 1 unspecified atom stereocenters. The van der Waals surface area contributed by atoms with Crippen LogP contribution < -0.4 is 19.1 Å². The molecule has 2 fully saturated rings. The summed E-state index contributed by atoms with van der Waals surface area (Å²) in [5.74, 6) is 2.15. The first-order chi connectivity index (χ1) is 14.2. The minimum atomic E-state index is -0.448. The molecule has 0 radical (unpaired) electrons. The molecule has 3 heterocycles. The summed E-state index contributed by atoms with van der Waals surface area (Å²) >= 11 is 0. The van der Waals surface area contributed by atoms with Crippen molar-refractivity contribution in [1.82, 2.24) is 9.97 Å². The molecule has 0 bridgehead atoms. The number of nitrogens with zero attached hydrogens (tertiary/aromatic N) is 3. The number of hydrogen-bond acceptors (Lipinski definition) is 7. The second-order valence-electron chi connectivity index (χ2n) is 7.85. The number of amides is 1. The summed E-state index contributed by atoms with van der Waals surface area (Å²) in [5, 5.41) is 9.88. The molecule has 8 heteroatoms. The fourth-order valence-electron chi connectivity index (χ4n) is 3.20. The average Bonchev–Trinajstić information content (AvgIpc) is 3.64. The van der Waals surface area contributed by atoms with Crippen LogP contribution in [0.2, 0.25) is 0 Å². The lowest BCUT2D eigenvalue weighted by atomic mass is 10.2. The van der Waals surface area contributed by atoms with Gasteiger partial charge in [-0.1, -0.05) is 0 Å². The molecule has 2 aromatic rings. The molecule has 0 saturated heterocycles. The Labute approximate surface area is 168 Å². The van der Waals surface area contributed by atoms with Crippen LogP contribution in [0.4, 0.5) is 5.69 Å². The van der Waals surface area contributed by atoms with E-state index in [4.69, 9.17) is 14.2 Å². The molecule has 1 amide bonds. The molecular weight excluding hydrogens is 374 g/mol. The minimum absolute atomic E-state index is 0.0835. The number of fused-ring (bicyclic) bond motifs is 1. The van der Waals surface area contributed by atoms with Crippen LogP contribution in [0.3, 0.4) is 0 Å². The lowest BCUT2D eigenvalue weighted by Gasteiger charge is -2.28. The summed E-state index contributed by atoms with van der Waals surface area (Å²) in [7, 11) is 0. The molecule has 29 heavy (non-hydrogen) atoms. The minimum Gasteiger partial charge on any atom is -0.477 e. The first-order valence-corrected chi connectivity index (χ1v) is 10.0. The highest BCUT2D eigenvalue weighted by Crippen LogP contribution is 2.34. The third-order valence-electron chi connectivity index (χ3n) is 5.43. The van der Waals surface area contributed by atoms with Gasteiger partial charge in [-0.25, -0.2) is 9.97 Å². The third kappa shape index (κ3) is 4.12. The summed E-state index contributed by atoms with van der Waals surface area (Å²) < 4.78 is 16.9. The van der Waals surface area contributed by atoms with Crippen molar-refractivity contribution in [3.05, 3.63) is 36.2 Å². The maximum Gasteiger partial charge on any atom is 0.266 e. The third-order valence-corrected chi connectivity index (χ3v) is 5.43. The van der Waals surface area contributed by atoms with Crippen molar-refractivity contribution in [2.45, 2.75) is 31.8 Å². The first-order valence-electron chi connectivity index (χ1n) is 10.0. The predicted octanol–water partition coefficient (Wildman–Crippen LogP) is 2.41. The van der Waals surface area contributed by atoms with Gasteiger partial charge in [0.15, 0.2) is 6.73 Å². The Morgan fingerprint density at radius 2 is 1.97 bits per heavy atom. The lowest BCUT2D eigenvalue weighted by molar-refractivity contribution is 0.0872. The van der Waals surface area contributed by atoms with E-state index in [0.717, 1.165) is 12.8 Å². The average molecular weight is 397 g/mol. The molecule has 1 N–H and O–H groups in total. The molecule has 152 valence electrons. The Morgan fingerprint density at radius 3 is 2.69 bits per heavy atom. The van der Waals surface area contributed by atoms with Crippen molar-refractivity contribution >= 4 is 11.6 Å². The monoisotopic (exact) mass is 397 g/mol. The van der Waals surface area contributed by atoms with Crippen LogP contribution in [0.5, 0.6) is 17.5 Å². The Bertz CT molecular complexity index is 896. The highest BCUT2D eigenvalue weighted by Gasteiger charge is 2.31. The van der Waals surface area contributed by atoms with Crippen molar-refractivity contribution in [2.75, 3.05) is 24.8 Å². The number of rotatable bonds is 8. The molecule has 1 atom stereocenters. The zero-order chi connectivity index (χ0) is 19.8. The van der Waals surface area contributed by atoms with E-state index in [0.29, 0.717) is 47.2 Å². The number of pyridine rings is 2. The number of ether oxygens (including phenoxy) is 3. The fourth-order valence-corrected chi connectivity index (χ4v) is 3.20. The molecule has 5 rings (SSSR count). The smallest absolute Gasteiger partial charge is 0.266 e. The normalized spacial score (nSPS) is 19.3. The summed E-state index contributed by atoms with van der Waals surface area (Å²) in [6.07, 6.45) is 7.12. The van der Waals surface area contributed by atoms with Crippen LogP contribution in [0.15, 0.2) is 30.6 Å². The summed E-state index contributed by atoms with van der Waals surface area (Å²) in [6.45, 7) is 0.969. The first kappa shape index (κ1) is 18.2. The van der Waals surface area contributed by atoms with Gasteiger partial charge in [0.05, 0.1) is 24.6 Å². The highest BCUT2D eigenvalue weighted by atomic mass is 16.5.